The summed E-state index contributed by atoms with van der Waals surface area (Å²) in [7, 11) is 0. The van der Waals surface area contributed by atoms with Crippen LogP contribution in [-0.4, -0.2) is 11.6 Å². The third-order valence-corrected chi connectivity index (χ3v) is 5.17. The summed E-state index contributed by atoms with van der Waals surface area (Å²) >= 11 is 0. The molecule has 0 bridgehead atoms. The summed E-state index contributed by atoms with van der Waals surface area (Å²) in [6.45, 7) is 15.8. The standard InChI is InChI=1S/C21H30O3/c1-8-9-11-21(7)12-10-17-16(6)18(23-20(22)13(2)3)14(4)15(5)19(17)24-21/h2,8-12H2,1,3-7H3/t21-/m1/s1. The van der Waals surface area contributed by atoms with Gasteiger partial charge in [-0.15, -0.1) is 0 Å². The number of benzene rings is 1. The monoisotopic (exact) mass is 330 g/mol. The number of hydrogen-bond acceptors (Lipinski definition) is 3. The fourth-order valence-electron chi connectivity index (χ4n) is 3.34. The zero-order chi connectivity index (χ0) is 18.1. The lowest BCUT2D eigenvalue weighted by atomic mass is 9.85. The smallest absolute Gasteiger partial charge is 0.338 e. The highest BCUT2D eigenvalue weighted by atomic mass is 16.5. The minimum Gasteiger partial charge on any atom is -0.487 e. The lowest BCUT2D eigenvalue weighted by Crippen LogP contribution is -2.37. The Bertz CT molecular complexity index is 672. The SMILES string of the molecule is C=C(C)C(=O)Oc1c(C)c(C)c2c(c1C)CC[C@@](C)(CCCC)O2. The Morgan fingerprint density at radius 3 is 2.50 bits per heavy atom. The molecule has 0 fully saturated rings. The van der Waals surface area contributed by atoms with Crippen LogP contribution in [-0.2, 0) is 11.2 Å². The van der Waals surface area contributed by atoms with Gasteiger partial charge in [-0.05, 0) is 77.0 Å². The number of fused-ring (bicyclic) bond motifs is 1. The zero-order valence-electron chi connectivity index (χ0n) is 16.0. The molecule has 1 heterocycles. The van der Waals surface area contributed by atoms with Gasteiger partial charge >= 0.3 is 5.97 Å². The van der Waals surface area contributed by atoms with E-state index in [-0.39, 0.29) is 11.6 Å². The molecule has 0 spiro atoms. The van der Waals surface area contributed by atoms with E-state index < -0.39 is 0 Å². The fourth-order valence-corrected chi connectivity index (χ4v) is 3.34. The van der Waals surface area contributed by atoms with Gasteiger partial charge in [0.25, 0.3) is 0 Å². The van der Waals surface area contributed by atoms with Crippen LogP contribution < -0.4 is 9.47 Å². The van der Waals surface area contributed by atoms with Crippen molar-refractivity contribution >= 4 is 5.97 Å². The minimum absolute atomic E-state index is 0.0947. The van der Waals surface area contributed by atoms with Gasteiger partial charge in [-0.25, -0.2) is 4.79 Å². The number of carbonyl (C=O) groups excluding carboxylic acids is 1. The molecule has 0 saturated heterocycles. The van der Waals surface area contributed by atoms with Crippen LogP contribution in [0.1, 0.15) is 68.7 Å². The van der Waals surface area contributed by atoms with E-state index in [2.05, 4.69) is 27.4 Å². The lowest BCUT2D eigenvalue weighted by molar-refractivity contribution is -0.130. The number of carbonyl (C=O) groups is 1. The first-order chi connectivity index (χ1) is 11.2. The maximum absolute atomic E-state index is 12.0. The van der Waals surface area contributed by atoms with E-state index in [9.17, 15) is 4.79 Å². The summed E-state index contributed by atoms with van der Waals surface area (Å²) < 4.78 is 12.1. The Balaban J connectivity index is 2.42. The molecule has 0 unspecified atom stereocenters. The quantitative estimate of drug-likeness (QED) is 0.414. The molecule has 0 aliphatic carbocycles. The Morgan fingerprint density at radius 1 is 1.25 bits per heavy atom. The van der Waals surface area contributed by atoms with E-state index >= 15 is 0 Å². The lowest BCUT2D eigenvalue weighted by Gasteiger charge is -2.38. The van der Waals surface area contributed by atoms with Crippen LogP contribution in [0.4, 0.5) is 0 Å². The van der Waals surface area contributed by atoms with Gasteiger partial charge in [0.2, 0.25) is 0 Å². The summed E-state index contributed by atoms with van der Waals surface area (Å²) in [6.07, 6.45) is 5.39. The number of unbranched alkanes of at least 4 members (excludes halogenated alkanes) is 1. The Labute approximate surface area is 146 Å². The van der Waals surface area contributed by atoms with Gasteiger partial charge in [-0.1, -0.05) is 19.9 Å². The predicted octanol–water partition coefficient (Wildman–Crippen LogP) is 5.37. The molecule has 1 aromatic carbocycles. The second-order valence-corrected chi connectivity index (χ2v) is 7.34. The molecule has 0 radical (unpaired) electrons. The highest BCUT2D eigenvalue weighted by Gasteiger charge is 2.34. The molecule has 1 aromatic rings. The molecule has 3 nitrogen and oxygen atoms in total. The van der Waals surface area contributed by atoms with Crippen molar-refractivity contribution in [3.63, 3.8) is 0 Å². The number of esters is 1. The Hall–Kier alpha value is -1.77. The van der Waals surface area contributed by atoms with E-state index in [1.165, 1.54) is 18.4 Å². The third kappa shape index (κ3) is 3.50. The van der Waals surface area contributed by atoms with Gasteiger partial charge in [0.1, 0.15) is 17.1 Å². The third-order valence-electron chi connectivity index (χ3n) is 5.17. The van der Waals surface area contributed by atoms with Gasteiger partial charge in [-0.3, -0.25) is 0 Å². The minimum atomic E-state index is -0.370. The average Bonchev–Trinajstić information content (AvgIpc) is 2.54. The Kier molecular flexibility index (Phi) is 5.42. The first-order valence-electron chi connectivity index (χ1n) is 8.89. The maximum Gasteiger partial charge on any atom is 0.338 e. The highest BCUT2D eigenvalue weighted by Crippen LogP contribution is 2.44. The summed E-state index contributed by atoms with van der Waals surface area (Å²) in [5.74, 6) is 1.29. The van der Waals surface area contributed by atoms with E-state index in [1.54, 1.807) is 6.92 Å². The molecule has 2 rings (SSSR count). The summed E-state index contributed by atoms with van der Waals surface area (Å²) in [5, 5.41) is 0. The van der Waals surface area contributed by atoms with Gasteiger partial charge in [-0.2, -0.15) is 0 Å². The molecule has 24 heavy (non-hydrogen) atoms. The van der Waals surface area contributed by atoms with Crippen LogP contribution in [0.5, 0.6) is 11.5 Å². The topological polar surface area (TPSA) is 35.5 Å². The van der Waals surface area contributed by atoms with Crippen molar-refractivity contribution in [2.24, 2.45) is 0 Å². The van der Waals surface area contributed by atoms with Crippen molar-refractivity contribution < 1.29 is 14.3 Å². The van der Waals surface area contributed by atoms with Crippen molar-refractivity contribution in [3.05, 3.63) is 34.4 Å². The molecule has 1 aliphatic heterocycles. The van der Waals surface area contributed by atoms with Gasteiger partial charge in [0.05, 0.1) is 0 Å². The molecular formula is C21H30O3. The van der Waals surface area contributed by atoms with Crippen molar-refractivity contribution in [1.29, 1.82) is 0 Å². The summed E-state index contributed by atoms with van der Waals surface area (Å²) in [4.78, 5) is 12.0. The Morgan fingerprint density at radius 2 is 1.92 bits per heavy atom. The van der Waals surface area contributed by atoms with Gasteiger partial charge in [0, 0.05) is 11.1 Å². The second-order valence-electron chi connectivity index (χ2n) is 7.34. The van der Waals surface area contributed by atoms with Crippen molar-refractivity contribution in [2.45, 2.75) is 79.2 Å². The van der Waals surface area contributed by atoms with E-state index in [1.807, 2.05) is 13.8 Å². The molecule has 3 heteroatoms. The van der Waals surface area contributed by atoms with Crippen molar-refractivity contribution in [3.8, 4) is 11.5 Å². The molecule has 1 atom stereocenters. The molecule has 0 amide bonds. The van der Waals surface area contributed by atoms with Crippen molar-refractivity contribution in [1.82, 2.24) is 0 Å². The highest BCUT2D eigenvalue weighted by molar-refractivity contribution is 5.89. The van der Waals surface area contributed by atoms with Crippen LogP contribution in [0.2, 0.25) is 0 Å². The zero-order valence-corrected chi connectivity index (χ0v) is 16.0. The molecule has 1 aliphatic rings. The largest absolute Gasteiger partial charge is 0.487 e. The van der Waals surface area contributed by atoms with Crippen LogP contribution in [0.25, 0.3) is 0 Å². The first kappa shape index (κ1) is 18.6. The molecular weight excluding hydrogens is 300 g/mol. The van der Waals surface area contributed by atoms with Crippen LogP contribution >= 0.6 is 0 Å². The normalized spacial score (nSPS) is 19.4. The second kappa shape index (κ2) is 7.00. The maximum atomic E-state index is 12.0. The molecule has 0 aromatic heterocycles. The van der Waals surface area contributed by atoms with Gasteiger partial charge in [0.15, 0.2) is 0 Å². The predicted molar refractivity (Wildman–Crippen MR) is 98.0 cm³/mol. The van der Waals surface area contributed by atoms with Crippen molar-refractivity contribution in [2.75, 3.05) is 0 Å². The van der Waals surface area contributed by atoms with E-state index in [0.717, 1.165) is 41.7 Å². The molecule has 132 valence electrons. The summed E-state index contributed by atoms with van der Waals surface area (Å²) in [5.41, 5.74) is 4.55. The van der Waals surface area contributed by atoms with Crippen LogP contribution in [0, 0.1) is 20.8 Å². The molecule has 0 N–H and O–H groups in total. The van der Waals surface area contributed by atoms with E-state index in [4.69, 9.17) is 9.47 Å². The van der Waals surface area contributed by atoms with Crippen LogP contribution in [0.15, 0.2) is 12.2 Å². The number of hydrogen-bond donors (Lipinski definition) is 0. The average molecular weight is 330 g/mol. The molecule has 0 saturated carbocycles. The number of ether oxygens (including phenoxy) is 2. The fraction of sp³-hybridized carbons (Fsp3) is 0.571. The van der Waals surface area contributed by atoms with Crippen LogP contribution in [0.3, 0.4) is 0 Å². The number of rotatable bonds is 5. The van der Waals surface area contributed by atoms with E-state index in [0.29, 0.717) is 11.3 Å². The first-order valence-corrected chi connectivity index (χ1v) is 8.89. The van der Waals surface area contributed by atoms with Gasteiger partial charge < -0.3 is 9.47 Å². The summed E-state index contributed by atoms with van der Waals surface area (Å²) in [6, 6.07) is 0.